The van der Waals surface area contributed by atoms with Crippen molar-refractivity contribution in [1.82, 2.24) is 4.31 Å². The van der Waals surface area contributed by atoms with Gasteiger partial charge in [0.25, 0.3) is 5.91 Å². The van der Waals surface area contributed by atoms with E-state index in [-0.39, 0.29) is 18.3 Å². The molecule has 1 amide bonds. The van der Waals surface area contributed by atoms with Crippen LogP contribution in [0.15, 0.2) is 36.4 Å². The standard InChI is InChI=1S/C22H28N2O4S/c1-4-11-29(26,27)24-10-9-18-7-8-20(13-19(18)14-24)23-22(25)15-28-21-12-16(2)5-6-17(21)3/h5-8,12-13H,4,9-11,14-15H2,1-3H3,(H,23,25). The molecular formula is C22H28N2O4S. The first-order valence-corrected chi connectivity index (χ1v) is 11.5. The van der Waals surface area contributed by atoms with Gasteiger partial charge >= 0.3 is 0 Å². The van der Waals surface area contributed by atoms with Gasteiger partial charge in [-0.25, -0.2) is 8.42 Å². The van der Waals surface area contributed by atoms with Crippen molar-refractivity contribution >= 4 is 21.6 Å². The van der Waals surface area contributed by atoms with E-state index in [9.17, 15) is 13.2 Å². The number of nitrogens with zero attached hydrogens (tertiary/aromatic N) is 1. The molecule has 1 aliphatic rings. The summed E-state index contributed by atoms with van der Waals surface area (Å²) in [5.74, 6) is 0.605. The van der Waals surface area contributed by atoms with Crippen molar-refractivity contribution in [3.8, 4) is 5.75 Å². The average molecular weight is 417 g/mol. The van der Waals surface area contributed by atoms with E-state index in [4.69, 9.17) is 4.74 Å². The topological polar surface area (TPSA) is 75.7 Å². The first kappa shape index (κ1) is 21.3. The summed E-state index contributed by atoms with van der Waals surface area (Å²) in [7, 11) is -3.23. The van der Waals surface area contributed by atoms with Crippen LogP contribution in [0.3, 0.4) is 0 Å². The number of anilines is 1. The summed E-state index contributed by atoms with van der Waals surface area (Å²) in [5, 5.41) is 2.84. The fourth-order valence-electron chi connectivity index (χ4n) is 3.44. The lowest BCUT2D eigenvalue weighted by molar-refractivity contribution is -0.118. The molecule has 0 bridgehead atoms. The molecule has 0 fully saturated rings. The van der Waals surface area contributed by atoms with Crippen molar-refractivity contribution in [3.05, 3.63) is 58.7 Å². The van der Waals surface area contributed by atoms with Gasteiger partial charge in [-0.3, -0.25) is 4.79 Å². The highest BCUT2D eigenvalue weighted by atomic mass is 32.2. The van der Waals surface area contributed by atoms with Crippen molar-refractivity contribution in [3.63, 3.8) is 0 Å². The Morgan fingerprint density at radius 1 is 1.14 bits per heavy atom. The summed E-state index contributed by atoms with van der Waals surface area (Å²) >= 11 is 0. The van der Waals surface area contributed by atoms with Crippen molar-refractivity contribution in [1.29, 1.82) is 0 Å². The second kappa shape index (κ2) is 8.97. The highest BCUT2D eigenvalue weighted by Crippen LogP contribution is 2.25. The van der Waals surface area contributed by atoms with Gasteiger partial charge < -0.3 is 10.1 Å². The summed E-state index contributed by atoms with van der Waals surface area (Å²) in [6.07, 6.45) is 1.28. The molecule has 0 aromatic heterocycles. The fourth-order valence-corrected chi connectivity index (χ4v) is 4.92. The third-order valence-electron chi connectivity index (χ3n) is 5.03. The summed E-state index contributed by atoms with van der Waals surface area (Å²) in [6, 6.07) is 11.5. The quantitative estimate of drug-likeness (QED) is 0.750. The predicted molar refractivity (Wildman–Crippen MR) is 115 cm³/mol. The maximum absolute atomic E-state index is 12.4. The van der Waals surface area contributed by atoms with E-state index in [1.807, 2.05) is 57.2 Å². The molecule has 156 valence electrons. The molecule has 0 aliphatic carbocycles. The maximum Gasteiger partial charge on any atom is 0.262 e. The van der Waals surface area contributed by atoms with Crippen LogP contribution in [0.2, 0.25) is 0 Å². The number of amides is 1. The molecule has 0 spiro atoms. The summed E-state index contributed by atoms with van der Waals surface area (Å²) in [5.41, 5.74) is 4.75. The smallest absolute Gasteiger partial charge is 0.262 e. The number of benzene rings is 2. The van der Waals surface area contributed by atoms with Crippen LogP contribution in [0.25, 0.3) is 0 Å². The highest BCUT2D eigenvalue weighted by Gasteiger charge is 2.26. The Morgan fingerprint density at radius 3 is 2.69 bits per heavy atom. The van der Waals surface area contributed by atoms with Gasteiger partial charge in [-0.2, -0.15) is 4.31 Å². The number of hydrogen-bond donors (Lipinski definition) is 1. The lowest BCUT2D eigenvalue weighted by atomic mass is 10.0. The first-order chi connectivity index (χ1) is 13.8. The second-order valence-electron chi connectivity index (χ2n) is 7.49. The number of rotatable bonds is 7. The van der Waals surface area contributed by atoms with E-state index in [2.05, 4.69) is 5.32 Å². The third-order valence-corrected chi connectivity index (χ3v) is 7.05. The normalized spacial score (nSPS) is 14.3. The molecule has 7 heteroatoms. The number of carbonyl (C=O) groups is 1. The molecule has 0 atom stereocenters. The minimum atomic E-state index is -3.23. The Labute approximate surface area is 172 Å². The first-order valence-electron chi connectivity index (χ1n) is 9.88. The van der Waals surface area contributed by atoms with Gasteiger partial charge in [-0.05, 0) is 67.1 Å². The van der Waals surface area contributed by atoms with Gasteiger partial charge in [0.05, 0.1) is 5.75 Å². The van der Waals surface area contributed by atoms with Gasteiger partial charge in [0.15, 0.2) is 6.61 Å². The van der Waals surface area contributed by atoms with Gasteiger partial charge in [0.2, 0.25) is 10.0 Å². The van der Waals surface area contributed by atoms with Crippen LogP contribution in [-0.4, -0.2) is 37.5 Å². The Bertz CT molecular complexity index is 1000. The molecule has 3 rings (SSSR count). The fraction of sp³-hybridized carbons (Fsp3) is 0.409. The van der Waals surface area contributed by atoms with E-state index in [1.165, 1.54) is 4.31 Å². The SMILES string of the molecule is CCCS(=O)(=O)N1CCc2ccc(NC(=O)COc3cc(C)ccc3C)cc2C1. The Balaban J connectivity index is 1.64. The molecule has 6 nitrogen and oxygen atoms in total. The number of ether oxygens (including phenoxy) is 1. The zero-order valence-corrected chi connectivity index (χ0v) is 18.0. The van der Waals surface area contributed by atoms with E-state index < -0.39 is 10.0 Å². The molecular weight excluding hydrogens is 388 g/mol. The van der Waals surface area contributed by atoms with Crippen LogP contribution in [-0.2, 0) is 27.8 Å². The lowest BCUT2D eigenvalue weighted by Crippen LogP contribution is -2.37. The van der Waals surface area contributed by atoms with E-state index in [1.54, 1.807) is 0 Å². The van der Waals surface area contributed by atoms with Gasteiger partial charge in [0, 0.05) is 18.8 Å². The molecule has 0 unspecified atom stereocenters. The van der Waals surface area contributed by atoms with Crippen LogP contribution >= 0.6 is 0 Å². The number of fused-ring (bicyclic) bond motifs is 1. The van der Waals surface area contributed by atoms with Gasteiger partial charge in [-0.15, -0.1) is 0 Å². The number of carbonyl (C=O) groups excluding carboxylic acids is 1. The molecule has 29 heavy (non-hydrogen) atoms. The summed E-state index contributed by atoms with van der Waals surface area (Å²) in [6.45, 7) is 6.55. The predicted octanol–water partition coefficient (Wildman–Crippen LogP) is 3.42. The Hall–Kier alpha value is -2.38. The lowest BCUT2D eigenvalue weighted by Gasteiger charge is -2.28. The monoisotopic (exact) mass is 416 g/mol. The van der Waals surface area contributed by atoms with E-state index in [0.29, 0.717) is 37.4 Å². The minimum Gasteiger partial charge on any atom is -0.483 e. The second-order valence-corrected chi connectivity index (χ2v) is 9.58. The van der Waals surface area contributed by atoms with Crippen molar-refractivity contribution in [2.75, 3.05) is 24.2 Å². The maximum atomic E-state index is 12.4. The minimum absolute atomic E-state index is 0.0849. The van der Waals surface area contributed by atoms with E-state index in [0.717, 1.165) is 22.3 Å². The molecule has 0 radical (unpaired) electrons. The molecule has 1 aliphatic heterocycles. The van der Waals surface area contributed by atoms with Crippen LogP contribution in [0.1, 0.15) is 35.6 Å². The molecule has 1 N–H and O–H groups in total. The van der Waals surface area contributed by atoms with Crippen molar-refractivity contribution < 1.29 is 17.9 Å². The molecule has 0 saturated heterocycles. The van der Waals surface area contributed by atoms with Crippen molar-refractivity contribution in [2.45, 2.75) is 40.2 Å². The molecule has 1 heterocycles. The van der Waals surface area contributed by atoms with Crippen LogP contribution in [0.4, 0.5) is 5.69 Å². The summed E-state index contributed by atoms with van der Waals surface area (Å²) < 4.78 is 31.9. The highest BCUT2D eigenvalue weighted by molar-refractivity contribution is 7.89. The number of nitrogens with one attached hydrogen (secondary N) is 1. The molecule has 2 aromatic carbocycles. The third kappa shape index (κ3) is 5.36. The van der Waals surface area contributed by atoms with Gasteiger partial charge in [0.1, 0.15) is 5.75 Å². The van der Waals surface area contributed by atoms with Crippen molar-refractivity contribution in [2.24, 2.45) is 0 Å². The largest absolute Gasteiger partial charge is 0.483 e. The van der Waals surface area contributed by atoms with E-state index >= 15 is 0 Å². The van der Waals surface area contributed by atoms with Crippen LogP contribution in [0, 0.1) is 13.8 Å². The van der Waals surface area contributed by atoms with Crippen LogP contribution < -0.4 is 10.1 Å². The van der Waals surface area contributed by atoms with Crippen LogP contribution in [0.5, 0.6) is 5.75 Å². The molecule has 2 aromatic rings. The Morgan fingerprint density at radius 2 is 1.93 bits per heavy atom. The number of aryl methyl sites for hydroxylation is 2. The zero-order chi connectivity index (χ0) is 21.0. The Kier molecular flexibility index (Phi) is 6.59. The average Bonchev–Trinajstić information content (AvgIpc) is 2.68. The number of hydrogen-bond acceptors (Lipinski definition) is 4. The van der Waals surface area contributed by atoms with Gasteiger partial charge in [-0.1, -0.05) is 25.1 Å². The summed E-state index contributed by atoms with van der Waals surface area (Å²) in [4.78, 5) is 12.3. The zero-order valence-electron chi connectivity index (χ0n) is 17.2. The molecule has 0 saturated carbocycles. The number of sulfonamides is 1.